The number of rotatable bonds is 7. The lowest BCUT2D eigenvalue weighted by molar-refractivity contribution is 0.674. The second-order valence-electron chi connectivity index (χ2n) is 5.71. The molecule has 3 nitrogen and oxygen atoms in total. The molecule has 2 rings (SSSR count). The molecule has 0 bridgehead atoms. The van der Waals surface area contributed by atoms with E-state index in [1.165, 1.54) is 24.1 Å². The number of anilines is 1. The Balaban J connectivity index is 2.17. The number of hydrogen-bond donors (Lipinski definition) is 1. The highest BCUT2D eigenvalue weighted by Gasteiger charge is 2.20. The second-order valence-corrected chi connectivity index (χ2v) is 5.71. The summed E-state index contributed by atoms with van der Waals surface area (Å²) in [4.78, 5) is 7.15. The molecule has 0 amide bonds. The number of aryl methyl sites for hydroxylation is 1. The number of nitrogens with one attached hydrogen (secondary N) is 1. The van der Waals surface area contributed by atoms with E-state index in [2.05, 4.69) is 50.0 Å². The minimum atomic E-state index is 0.494. The maximum absolute atomic E-state index is 4.79. The quantitative estimate of drug-likeness (QED) is 0.817. The average molecular weight is 261 g/mol. The van der Waals surface area contributed by atoms with Gasteiger partial charge in [-0.2, -0.15) is 0 Å². The van der Waals surface area contributed by atoms with Gasteiger partial charge in [-0.25, -0.2) is 4.98 Å². The molecule has 0 atom stereocenters. The number of hydrogen-bond acceptors (Lipinski definition) is 3. The number of nitrogens with zero attached hydrogens (tertiary/aromatic N) is 2. The van der Waals surface area contributed by atoms with Crippen LogP contribution >= 0.6 is 0 Å². The van der Waals surface area contributed by atoms with Crippen LogP contribution in [0.3, 0.4) is 0 Å². The fourth-order valence-electron chi connectivity index (χ4n) is 2.40. The highest BCUT2D eigenvalue weighted by atomic mass is 15.2. The van der Waals surface area contributed by atoms with Crippen LogP contribution in [0.5, 0.6) is 0 Å². The van der Waals surface area contributed by atoms with Gasteiger partial charge in [0.15, 0.2) is 0 Å². The molecule has 1 N–H and O–H groups in total. The molecule has 1 aromatic rings. The lowest BCUT2D eigenvalue weighted by Gasteiger charge is -2.27. The zero-order chi connectivity index (χ0) is 13.8. The normalized spacial score (nSPS) is 15.0. The van der Waals surface area contributed by atoms with Gasteiger partial charge in [0.25, 0.3) is 0 Å². The van der Waals surface area contributed by atoms with Gasteiger partial charge >= 0.3 is 0 Å². The lowest BCUT2D eigenvalue weighted by atomic mass is 10.1. The van der Waals surface area contributed by atoms with E-state index in [1.54, 1.807) is 0 Å². The summed E-state index contributed by atoms with van der Waals surface area (Å²) in [5.41, 5.74) is 2.57. The Hall–Kier alpha value is -1.09. The Morgan fingerprint density at radius 1 is 1.32 bits per heavy atom. The predicted octanol–water partition coefficient (Wildman–Crippen LogP) is 3.13. The summed E-state index contributed by atoms with van der Waals surface area (Å²) in [7, 11) is 0. The Bertz CT molecular complexity index is 410. The van der Waals surface area contributed by atoms with Crippen molar-refractivity contribution in [3.63, 3.8) is 0 Å². The van der Waals surface area contributed by atoms with Crippen LogP contribution < -0.4 is 10.2 Å². The molecule has 1 aromatic heterocycles. The molecule has 1 saturated carbocycles. The average Bonchev–Trinajstić information content (AvgIpc) is 3.20. The molecule has 1 aliphatic carbocycles. The fraction of sp³-hybridized carbons (Fsp3) is 0.688. The van der Waals surface area contributed by atoms with Crippen LogP contribution in [0.2, 0.25) is 0 Å². The van der Waals surface area contributed by atoms with Crippen LogP contribution in [-0.2, 0) is 13.0 Å². The number of aromatic nitrogens is 1. The van der Waals surface area contributed by atoms with Crippen molar-refractivity contribution in [1.82, 2.24) is 10.3 Å². The Kier molecular flexibility index (Phi) is 4.81. The first-order valence-electron chi connectivity index (χ1n) is 7.63. The molecule has 3 heteroatoms. The van der Waals surface area contributed by atoms with Gasteiger partial charge in [0.05, 0.1) is 0 Å². The summed E-state index contributed by atoms with van der Waals surface area (Å²) in [5.74, 6) is 1.13. The molecular formula is C16H27N3. The van der Waals surface area contributed by atoms with Gasteiger partial charge in [-0.05, 0) is 57.7 Å². The van der Waals surface area contributed by atoms with Crippen molar-refractivity contribution in [3.05, 3.63) is 23.4 Å². The van der Waals surface area contributed by atoms with Gasteiger partial charge in [-0.15, -0.1) is 0 Å². The van der Waals surface area contributed by atoms with Crippen LogP contribution in [0.15, 0.2) is 12.1 Å². The van der Waals surface area contributed by atoms with Gasteiger partial charge < -0.3 is 10.2 Å². The van der Waals surface area contributed by atoms with Crippen molar-refractivity contribution in [1.29, 1.82) is 0 Å². The summed E-state index contributed by atoms with van der Waals surface area (Å²) >= 11 is 0. The SMILES string of the molecule is CCc1cc(CNC2CC2)cc(N(CC)C(C)C)n1. The molecule has 0 unspecified atom stereocenters. The largest absolute Gasteiger partial charge is 0.354 e. The van der Waals surface area contributed by atoms with Gasteiger partial charge in [0.1, 0.15) is 5.82 Å². The number of pyridine rings is 1. The van der Waals surface area contributed by atoms with E-state index in [9.17, 15) is 0 Å². The van der Waals surface area contributed by atoms with E-state index in [1.807, 2.05) is 0 Å². The monoisotopic (exact) mass is 261 g/mol. The molecule has 1 aliphatic rings. The molecule has 0 radical (unpaired) electrons. The van der Waals surface area contributed by atoms with E-state index in [0.29, 0.717) is 6.04 Å². The third-order valence-electron chi connectivity index (χ3n) is 3.72. The van der Waals surface area contributed by atoms with Crippen molar-refractivity contribution >= 4 is 5.82 Å². The molecular weight excluding hydrogens is 234 g/mol. The third-order valence-corrected chi connectivity index (χ3v) is 3.72. The highest BCUT2D eigenvalue weighted by molar-refractivity contribution is 5.43. The van der Waals surface area contributed by atoms with Crippen molar-refractivity contribution < 1.29 is 0 Å². The maximum atomic E-state index is 4.79. The van der Waals surface area contributed by atoms with Crippen LogP contribution in [0.1, 0.15) is 51.8 Å². The molecule has 0 aromatic carbocycles. The predicted molar refractivity (Wildman–Crippen MR) is 81.6 cm³/mol. The van der Waals surface area contributed by atoms with Crippen LogP contribution in [-0.4, -0.2) is 23.6 Å². The maximum Gasteiger partial charge on any atom is 0.129 e. The first-order chi connectivity index (χ1) is 9.13. The topological polar surface area (TPSA) is 28.2 Å². The van der Waals surface area contributed by atoms with Crippen LogP contribution in [0, 0.1) is 0 Å². The molecule has 0 spiro atoms. The Morgan fingerprint density at radius 2 is 2.05 bits per heavy atom. The van der Waals surface area contributed by atoms with E-state index in [0.717, 1.165) is 31.4 Å². The van der Waals surface area contributed by atoms with Crippen molar-refractivity contribution in [2.45, 2.75) is 65.6 Å². The van der Waals surface area contributed by atoms with E-state index >= 15 is 0 Å². The first-order valence-corrected chi connectivity index (χ1v) is 7.63. The van der Waals surface area contributed by atoms with E-state index in [-0.39, 0.29) is 0 Å². The van der Waals surface area contributed by atoms with Gasteiger partial charge in [0, 0.05) is 30.9 Å². The molecule has 0 saturated heterocycles. The van der Waals surface area contributed by atoms with Crippen LogP contribution in [0.25, 0.3) is 0 Å². The van der Waals surface area contributed by atoms with Crippen molar-refractivity contribution in [2.75, 3.05) is 11.4 Å². The van der Waals surface area contributed by atoms with Gasteiger partial charge in [0.2, 0.25) is 0 Å². The van der Waals surface area contributed by atoms with Crippen molar-refractivity contribution in [3.8, 4) is 0 Å². The summed E-state index contributed by atoms with van der Waals surface area (Å²) in [5, 5.41) is 3.59. The summed E-state index contributed by atoms with van der Waals surface area (Å²) in [6.07, 6.45) is 3.68. The molecule has 0 aliphatic heterocycles. The summed E-state index contributed by atoms with van der Waals surface area (Å²) in [6, 6.07) is 5.74. The zero-order valence-corrected chi connectivity index (χ0v) is 12.7. The van der Waals surface area contributed by atoms with E-state index in [4.69, 9.17) is 4.98 Å². The van der Waals surface area contributed by atoms with Gasteiger partial charge in [-0.3, -0.25) is 0 Å². The minimum Gasteiger partial charge on any atom is -0.354 e. The molecule has 1 heterocycles. The molecule has 19 heavy (non-hydrogen) atoms. The highest BCUT2D eigenvalue weighted by Crippen LogP contribution is 2.21. The van der Waals surface area contributed by atoms with Crippen molar-refractivity contribution in [2.24, 2.45) is 0 Å². The second kappa shape index (κ2) is 6.38. The minimum absolute atomic E-state index is 0.494. The van der Waals surface area contributed by atoms with E-state index < -0.39 is 0 Å². The third kappa shape index (κ3) is 3.93. The lowest BCUT2D eigenvalue weighted by Crippen LogP contribution is -2.31. The van der Waals surface area contributed by atoms with Crippen LogP contribution in [0.4, 0.5) is 5.82 Å². The first kappa shape index (κ1) is 14.3. The Morgan fingerprint density at radius 3 is 2.58 bits per heavy atom. The molecule has 1 fully saturated rings. The summed E-state index contributed by atoms with van der Waals surface area (Å²) < 4.78 is 0. The van der Waals surface area contributed by atoms with Gasteiger partial charge in [-0.1, -0.05) is 6.92 Å². The standard InChI is InChI=1S/C16H27N3/c1-5-14-9-13(11-17-15-7-8-15)10-16(18-14)19(6-2)12(3)4/h9-10,12,15,17H,5-8,11H2,1-4H3. The zero-order valence-electron chi connectivity index (χ0n) is 12.7. The Labute approximate surface area is 117 Å². The summed E-state index contributed by atoms with van der Waals surface area (Å²) in [6.45, 7) is 10.8. The fourth-order valence-corrected chi connectivity index (χ4v) is 2.40. The smallest absolute Gasteiger partial charge is 0.129 e. The molecule has 106 valence electrons.